The second-order valence-corrected chi connectivity index (χ2v) is 12.2. The van der Waals surface area contributed by atoms with E-state index < -0.39 is 0 Å². The lowest BCUT2D eigenvalue weighted by Crippen LogP contribution is -2.45. The lowest BCUT2D eigenvalue weighted by Gasteiger charge is -2.34. The summed E-state index contributed by atoms with van der Waals surface area (Å²) in [5.74, 6) is 2.66. The van der Waals surface area contributed by atoms with Gasteiger partial charge >= 0.3 is 0 Å². The summed E-state index contributed by atoms with van der Waals surface area (Å²) in [6.45, 7) is 6.23. The number of rotatable bonds is 6. The zero-order chi connectivity index (χ0) is 26.8. The molecule has 0 radical (unpaired) electrons. The summed E-state index contributed by atoms with van der Waals surface area (Å²) in [6.07, 6.45) is 10.3. The fraction of sp³-hybridized carbons (Fsp3) is 0.586. The van der Waals surface area contributed by atoms with Crippen molar-refractivity contribution in [3.05, 3.63) is 46.0 Å². The van der Waals surface area contributed by atoms with Gasteiger partial charge in [0.25, 0.3) is 0 Å². The number of likely N-dealkylation sites (tertiary alicyclic amines) is 1. The number of nitrogens with zero attached hydrogens (tertiary/aromatic N) is 6. The third-order valence-electron chi connectivity index (χ3n) is 8.63. The Morgan fingerprint density at radius 3 is 2.69 bits per heavy atom. The minimum Gasteiger partial charge on any atom is -0.356 e. The fourth-order valence-corrected chi connectivity index (χ4v) is 6.70. The van der Waals surface area contributed by atoms with E-state index in [1.54, 1.807) is 6.33 Å². The van der Waals surface area contributed by atoms with Gasteiger partial charge in [0.2, 0.25) is 5.91 Å². The zero-order valence-electron chi connectivity index (χ0n) is 22.4. The number of fused-ring (bicyclic) bond motifs is 3. The standard InChI is InChI=1S/C29H37Cl2N7O/c30-23-8-7-21(15-24(23)31)17-36-13-9-20(10-14-36)16-32-29(39)22-5-4-11-37(18-22)27-26-28(34-19-33-27)38-12-3-1-2-6-25(38)35-26/h7-8,15,19-20,22H,1-6,9-14,16-18H2,(H,32,39). The maximum absolute atomic E-state index is 13.2. The van der Waals surface area contributed by atoms with Crippen molar-refractivity contribution in [3.8, 4) is 0 Å². The van der Waals surface area contributed by atoms with Crippen molar-refractivity contribution >= 4 is 46.1 Å². The summed E-state index contributed by atoms with van der Waals surface area (Å²) in [5.41, 5.74) is 3.02. The number of piperidine rings is 2. The Hall–Kier alpha value is -2.42. The van der Waals surface area contributed by atoms with Gasteiger partial charge in [0.05, 0.1) is 16.0 Å². The molecule has 1 aromatic carbocycles. The Bertz CT molecular complexity index is 1320. The monoisotopic (exact) mass is 569 g/mol. The van der Waals surface area contributed by atoms with Crippen LogP contribution in [0.15, 0.2) is 24.5 Å². The van der Waals surface area contributed by atoms with E-state index >= 15 is 0 Å². The summed E-state index contributed by atoms with van der Waals surface area (Å²) < 4.78 is 2.28. The molecule has 6 rings (SSSR count). The van der Waals surface area contributed by atoms with Crippen molar-refractivity contribution in [2.24, 2.45) is 11.8 Å². The second-order valence-electron chi connectivity index (χ2n) is 11.4. The van der Waals surface area contributed by atoms with Gasteiger partial charge in [-0.15, -0.1) is 0 Å². The predicted octanol–water partition coefficient (Wildman–Crippen LogP) is 5.10. The van der Waals surface area contributed by atoms with E-state index in [0.29, 0.717) is 22.5 Å². The average molecular weight is 571 g/mol. The van der Waals surface area contributed by atoms with Crippen LogP contribution in [0.2, 0.25) is 10.0 Å². The van der Waals surface area contributed by atoms with E-state index in [9.17, 15) is 4.79 Å². The molecule has 2 saturated heterocycles. The van der Waals surface area contributed by atoms with Crippen molar-refractivity contribution in [2.75, 3.05) is 37.6 Å². The molecule has 3 aliphatic rings. The number of carbonyl (C=O) groups is 1. The molecular formula is C29H37Cl2N7O. The van der Waals surface area contributed by atoms with Gasteiger partial charge in [-0.2, -0.15) is 0 Å². The Kier molecular flexibility index (Phi) is 8.23. The Morgan fingerprint density at radius 1 is 0.974 bits per heavy atom. The molecular weight excluding hydrogens is 533 g/mol. The van der Waals surface area contributed by atoms with Gasteiger partial charge in [-0.3, -0.25) is 9.69 Å². The SMILES string of the molecule is O=C(NCC1CCN(Cc2ccc(Cl)c(Cl)c2)CC1)C1CCCN(c2ncnc3c2nc2n3CCCCC2)C1. The molecule has 0 saturated carbocycles. The first kappa shape index (κ1) is 26.8. The number of benzene rings is 1. The molecule has 1 atom stereocenters. The quantitative estimate of drug-likeness (QED) is 0.444. The van der Waals surface area contributed by atoms with Gasteiger partial charge in [0, 0.05) is 39.1 Å². The first-order valence-electron chi connectivity index (χ1n) is 14.4. The summed E-state index contributed by atoms with van der Waals surface area (Å²) >= 11 is 12.2. The highest BCUT2D eigenvalue weighted by Gasteiger charge is 2.30. The first-order valence-corrected chi connectivity index (χ1v) is 15.2. The van der Waals surface area contributed by atoms with E-state index in [1.807, 2.05) is 18.2 Å². The number of amides is 1. The molecule has 1 unspecified atom stereocenters. The number of hydrogen-bond donors (Lipinski definition) is 1. The highest BCUT2D eigenvalue weighted by molar-refractivity contribution is 6.42. The Labute approximate surface area is 240 Å². The van der Waals surface area contributed by atoms with Crippen LogP contribution in [0.5, 0.6) is 0 Å². The molecule has 10 heteroatoms. The minimum atomic E-state index is -0.0288. The van der Waals surface area contributed by atoms with Gasteiger partial charge in [0.1, 0.15) is 12.2 Å². The number of aryl methyl sites for hydroxylation is 2. The van der Waals surface area contributed by atoms with E-state index in [2.05, 4.69) is 29.7 Å². The first-order chi connectivity index (χ1) is 19.0. The molecule has 2 fully saturated rings. The van der Waals surface area contributed by atoms with Crippen LogP contribution in [-0.2, 0) is 24.3 Å². The van der Waals surface area contributed by atoms with Gasteiger partial charge in [-0.1, -0.05) is 35.7 Å². The van der Waals surface area contributed by atoms with Gasteiger partial charge < -0.3 is 14.8 Å². The van der Waals surface area contributed by atoms with Gasteiger partial charge in [0.15, 0.2) is 17.0 Å². The van der Waals surface area contributed by atoms with Crippen LogP contribution in [0.1, 0.15) is 56.3 Å². The maximum atomic E-state index is 13.2. The number of aromatic nitrogens is 4. The summed E-state index contributed by atoms with van der Waals surface area (Å²) in [7, 11) is 0. The van der Waals surface area contributed by atoms with Crippen LogP contribution in [0.3, 0.4) is 0 Å². The topological polar surface area (TPSA) is 79.2 Å². The Balaban J connectivity index is 1.02. The van der Waals surface area contributed by atoms with E-state index in [-0.39, 0.29) is 11.8 Å². The summed E-state index contributed by atoms with van der Waals surface area (Å²) in [5, 5.41) is 4.49. The molecule has 5 heterocycles. The lowest BCUT2D eigenvalue weighted by atomic mass is 9.94. The predicted molar refractivity (Wildman–Crippen MR) is 155 cm³/mol. The molecule has 8 nitrogen and oxygen atoms in total. The number of imidazole rings is 1. The smallest absolute Gasteiger partial charge is 0.224 e. The molecule has 3 aromatic rings. The van der Waals surface area contributed by atoms with Crippen molar-refractivity contribution < 1.29 is 4.79 Å². The average Bonchev–Trinajstić information content (AvgIpc) is 3.15. The normalized spacial score (nSPS) is 21.1. The molecule has 1 N–H and O–H groups in total. The number of halogens is 2. The van der Waals surface area contributed by atoms with Crippen LogP contribution in [0.25, 0.3) is 11.2 Å². The number of anilines is 1. The van der Waals surface area contributed by atoms with Gasteiger partial charge in [-0.05, 0) is 75.2 Å². The second kappa shape index (κ2) is 12.0. The molecule has 2 aromatic heterocycles. The highest BCUT2D eigenvalue weighted by Crippen LogP contribution is 2.30. The minimum absolute atomic E-state index is 0.0288. The van der Waals surface area contributed by atoms with Crippen molar-refractivity contribution in [1.82, 2.24) is 29.7 Å². The van der Waals surface area contributed by atoms with E-state index in [4.69, 9.17) is 28.2 Å². The van der Waals surface area contributed by atoms with E-state index in [1.165, 1.54) is 24.8 Å². The molecule has 3 aliphatic heterocycles. The third-order valence-corrected chi connectivity index (χ3v) is 9.37. The van der Waals surface area contributed by atoms with Crippen LogP contribution < -0.4 is 10.2 Å². The molecule has 0 aliphatic carbocycles. The van der Waals surface area contributed by atoms with Crippen LogP contribution in [0.4, 0.5) is 5.82 Å². The zero-order valence-corrected chi connectivity index (χ0v) is 23.9. The maximum Gasteiger partial charge on any atom is 0.224 e. The summed E-state index contributed by atoms with van der Waals surface area (Å²) in [6, 6.07) is 5.87. The van der Waals surface area contributed by atoms with E-state index in [0.717, 1.165) is 94.2 Å². The number of carbonyl (C=O) groups excluding carboxylic acids is 1. The van der Waals surface area contributed by atoms with Crippen molar-refractivity contribution in [3.63, 3.8) is 0 Å². The van der Waals surface area contributed by atoms with Crippen LogP contribution >= 0.6 is 23.2 Å². The number of nitrogens with one attached hydrogen (secondary N) is 1. The molecule has 1 amide bonds. The molecule has 0 bridgehead atoms. The highest BCUT2D eigenvalue weighted by atomic mass is 35.5. The fourth-order valence-electron chi connectivity index (χ4n) is 6.37. The van der Waals surface area contributed by atoms with Gasteiger partial charge in [-0.25, -0.2) is 15.0 Å². The molecule has 208 valence electrons. The third kappa shape index (κ3) is 6.03. The van der Waals surface area contributed by atoms with Crippen LogP contribution in [-0.4, -0.2) is 63.0 Å². The van der Waals surface area contributed by atoms with Crippen molar-refractivity contribution in [1.29, 1.82) is 0 Å². The summed E-state index contributed by atoms with van der Waals surface area (Å²) in [4.78, 5) is 32.1. The van der Waals surface area contributed by atoms with Crippen LogP contribution in [0, 0.1) is 11.8 Å². The molecule has 0 spiro atoms. The van der Waals surface area contributed by atoms with Crippen molar-refractivity contribution in [2.45, 2.75) is 64.5 Å². The number of hydrogen-bond acceptors (Lipinski definition) is 6. The largest absolute Gasteiger partial charge is 0.356 e. The Morgan fingerprint density at radius 2 is 1.85 bits per heavy atom. The lowest BCUT2D eigenvalue weighted by molar-refractivity contribution is -0.125. The molecule has 39 heavy (non-hydrogen) atoms.